The zero-order valence-electron chi connectivity index (χ0n) is 11.5. The van der Waals surface area contributed by atoms with Crippen molar-refractivity contribution in [3.8, 4) is 5.82 Å². The van der Waals surface area contributed by atoms with Gasteiger partial charge in [0.1, 0.15) is 12.0 Å². The van der Waals surface area contributed by atoms with Gasteiger partial charge in [0.2, 0.25) is 5.91 Å². The van der Waals surface area contributed by atoms with Gasteiger partial charge in [0.25, 0.3) is 0 Å². The lowest BCUT2D eigenvalue weighted by Gasteiger charge is -2.03. The Morgan fingerprint density at radius 1 is 1.35 bits per heavy atom. The summed E-state index contributed by atoms with van der Waals surface area (Å²) in [4.78, 5) is 19.9. The maximum Gasteiger partial charge on any atom is 0.221 e. The minimum Gasteiger partial charge on any atom is -0.320 e. The molecular weight excluding hydrogens is 256 g/mol. The number of rotatable bonds is 2. The third-order valence-electron chi connectivity index (χ3n) is 2.93. The second-order valence-electron chi connectivity index (χ2n) is 4.62. The summed E-state index contributed by atoms with van der Waals surface area (Å²) in [7, 11) is 0. The number of nitrogens with one attached hydrogen (secondary N) is 1. The average molecular weight is 270 g/mol. The van der Waals surface area contributed by atoms with E-state index in [-0.39, 0.29) is 5.91 Å². The van der Waals surface area contributed by atoms with Gasteiger partial charge in [-0.1, -0.05) is 0 Å². The van der Waals surface area contributed by atoms with E-state index in [0.29, 0.717) is 17.2 Å². The first kappa shape index (κ1) is 12.3. The summed E-state index contributed by atoms with van der Waals surface area (Å²) >= 11 is 0. The van der Waals surface area contributed by atoms with Crippen LogP contribution in [-0.4, -0.2) is 30.1 Å². The van der Waals surface area contributed by atoms with Gasteiger partial charge >= 0.3 is 0 Å². The number of aromatic nitrogens is 5. The number of carbonyl (C=O) groups is 1. The van der Waals surface area contributed by atoms with E-state index in [0.717, 1.165) is 11.4 Å². The second kappa shape index (κ2) is 4.44. The molecule has 3 aromatic rings. The fraction of sp³-hybridized carbons (Fsp3) is 0.231. The first-order valence-corrected chi connectivity index (χ1v) is 6.19. The highest BCUT2D eigenvalue weighted by Gasteiger charge is 2.18. The summed E-state index contributed by atoms with van der Waals surface area (Å²) < 4.78 is 3.46. The van der Waals surface area contributed by atoms with Crippen molar-refractivity contribution < 1.29 is 4.79 Å². The number of nitrogens with zero attached hydrogens (tertiary/aromatic N) is 5. The summed E-state index contributed by atoms with van der Waals surface area (Å²) in [5.74, 6) is 0.432. The smallest absolute Gasteiger partial charge is 0.221 e. The van der Waals surface area contributed by atoms with Crippen LogP contribution in [0.15, 0.2) is 24.8 Å². The Bertz CT molecular complexity index is 787. The predicted octanol–water partition coefficient (Wildman–Crippen LogP) is 1.49. The predicted molar refractivity (Wildman–Crippen MR) is 73.9 cm³/mol. The monoisotopic (exact) mass is 270 g/mol. The van der Waals surface area contributed by atoms with Crippen molar-refractivity contribution in [3.63, 3.8) is 0 Å². The lowest BCUT2D eigenvalue weighted by atomic mass is 10.3. The number of imidazole rings is 1. The van der Waals surface area contributed by atoms with Crippen LogP contribution in [0.25, 0.3) is 11.5 Å². The molecule has 20 heavy (non-hydrogen) atoms. The molecule has 0 unspecified atom stereocenters. The molecule has 0 saturated heterocycles. The highest BCUT2D eigenvalue weighted by molar-refractivity contribution is 5.95. The van der Waals surface area contributed by atoms with Crippen molar-refractivity contribution in [2.75, 3.05) is 5.32 Å². The molecule has 0 aliphatic carbocycles. The Balaban J connectivity index is 2.33. The van der Waals surface area contributed by atoms with Crippen molar-refractivity contribution in [2.24, 2.45) is 0 Å². The topological polar surface area (TPSA) is 77.1 Å². The lowest BCUT2D eigenvalue weighted by molar-refractivity contribution is -0.114. The van der Waals surface area contributed by atoms with Gasteiger partial charge in [-0.15, -0.1) is 5.10 Å². The Labute approximate surface area is 115 Å². The molecule has 0 spiro atoms. The Morgan fingerprint density at radius 3 is 2.80 bits per heavy atom. The van der Waals surface area contributed by atoms with E-state index >= 15 is 0 Å². The molecule has 1 N–H and O–H groups in total. The molecule has 0 aliphatic heterocycles. The SMILES string of the molecule is CC(=O)Nc1c(-n2ccnc2)nn2c(C)cc(C)nc12. The Morgan fingerprint density at radius 2 is 2.15 bits per heavy atom. The fourth-order valence-corrected chi connectivity index (χ4v) is 2.16. The van der Waals surface area contributed by atoms with E-state index in [1.54, 1.807) is 27.8 Å². The van der Waals surface area contributed by atoms with Crippen LogP contribution in [0.2, 0.25) is 0 Å². The van der Waals surface area contributed by atoms with Crippen molar-refractivity contribution >= 4 is 17.2 Å². The van der Waals surface area contributed by atoms with Crippen LogP contribution in [0.4, 0.5) is 5.69 Å². The van der Waals surface area contributed by atoms with Crippen LogP contribution < -0.4 is 5.32 Å². The van der Waals surface area contributed by atoms with Crippen molar-refractivity contribution in [1.29, 1.82) is 0 Å². The summed E-state index contributed by atoms with van der Waals surface area (Å²) in [6, 6.07) is 1.94. The van der Waals surface area contributed by atoms with Gasteiger partial charge in [0, 0.05) is 30.7 Å². The van der Waals surface area contributed by atoms with Crippen LogP contribution in [0, 0.1) is 13.8 Å². The average Bonchev–Trinajstić information content (AvgIpc) is 2.97. The zero-order valence-corrected chi connectivity index (χ0v) is 11.5. The number of anilines is 1. The standard InChI is InChI=1S/C13H14N6O/c1-8-6-9(2)19-12(15-8)11(16-10(3)20)13(17-19)18-5-4-14-7-18/h4-7H,1-3H3,(H,16,20). The molecule has 0 aliphatic rings. The molecule has 1 amide bonds. The van der Waals surface area contributed by atoms with E-state index in [1.807, 2.05) is 19.9 Å². The Hall–Kier alpha value is -2.70. The Kier molecular flexibility index (Phi) is 2.74. The van der Waals surface area contributed by atoms with Gasteiger partial charge < -0.3 is 5.32 Å². The number of aryl methyl sites for hydroxylation is 2. The molecule has 0 bridgehead atoms. The van der Waals surface area contributed by atoms with Gasteiger partial charge in [-0.05, 0) is 19.9 Å². The number of amides is 1. The molecule has 102 valence electrons. The van der Waals surface area contributed by atoms with Crippen LogP contribution in [0.3, 0.4) is 0 Å². The van der Waals surface area contributed by atoms with E-state index in [1.165, 1.54) is 6.92 Å². The van der Waals surface area contributed by atoms with Crippen molar-refractivity contribution in [2.45, 2.75) is 20.8 Å². The molecule has 0 fully saturated rings. The van der Waals surface area contributed by atoms with Gasteiger partial charge in [-0.2, -0.15) is 0 Å². The summed E-state index contributed by atoms with van der Waals surface area (Å²) in [6.45, 7) is 5.32. The van der Waals surface area contributed by atoms with Crippen LogP contribution in [0.5, 0.6) is 0 Å². The normalized spacial score (nSPS) is 10.9. The third-order valence-corrected chi connectivity index (χ3v) is 2.93. The van der Waals surface area contributed by atoms with Crippen LogP contribution in [-0.2, 0) is 4.79 Å². The van der Waals surface area contributed by atoms with Gasteiger partial charge in [0.15, 0.2) is 11.5 Å². The van der Waals surface area contributed by atoms with E-state index in [4.69, 9.17) is 0 Å². The fourth-order valence-electron chi connectivity index (χ4n) is 2.16. The number of hydrogen-bond donors (Lipinski definition) is 1. The first-order chi connectivity index (χ1) is 9.56. The van der Waals surface area contributed by atoms with E-state index in [9.17, 15) is 4.79 Å². The second-order valence-corrected chi connectivity index (χ2v) is 4.62. The third kappa shape index (κ3) is 1.93. The largest absolute Gasteiger partial charge is 0.320 e. The molecule has 0 aromatic carbocycles. The van der Waals surface area contributed by atoms with E-state index in [2.05, 4.69) is 20.4 Å². The first-order valence-electron chi connectivity index (χ1n) is 6.19. The van der Waals surface area contributed by atoms with Crippen LogP contribution in [0.1, 0.15) is 18.3 Å². The number of fused-ring (bicyclic) bond motifs is 1. The molecule has 3 rings (SSSR count). The zero-order chi connectivity index (χ0) is 14.3. The molecule has 0 saturated carbocycles. The highest BCUT2D eigenvalue weighted by Crippen LogP contribution is 2.25. The lowest BCUT2D eigenvalue weighted by Crippen LogP contribution is -2.08. The molecule has 3 aromatic heterocycles. The maximum atomic E-state index is 11.4. The van der Waals surface area contributed by atoms with Gasteiger partial charge in [-0.25, -0.2) is 14.5 Å². The maximum absolute atomic E-state index is 11.4. The molecule has 7 heteroatoms. The minimum absolute atomic E-state index is 0.165. The molecule has 3 heterocycles. The molecule has 0 atom stereocenters. The highest BCUT2D eigenvalue weighted by atomic mass is 16.1. The van der Waals surface area contributed by atoms with Crippen molar-refractivity contribution in [3.05, 3.63) is 36.2 Å². The molecule has 0 radical (unpaired) electrons. The molecular formula is C13H14N6O. The van der Waals surface area contributed by atoms with Crippen molar-refractivity contribution in [1.82, 2.24) is 24.1 Å². The van der Waals surface area contributed by atoms with E-state index < -0.39 is 0 Å². The van der Waals surface area contributed by atoms with Gasteiger partial charge in [-0.3, -0.25) is 9.36 Å². The van der Waals surface area contributed by atoms with Gasteiger partial charge in [0.05, 0.1) is 0 Å². The van der Waals surface area contributed by atoms with Crippen LogP contribution >= 0.6 is 0 Å². The number of carbonyl (C=O) groups excluding carboxylic acids is 1. The minimum atomic E-state index is -0.165. The summed E-state index contributed by atoms with van der Waals surface area (Å²) in [5.41, 5.74) is 3.04. The number of hydrogen-bond acceptors (Lipinski definition) is 4. The summed E-state index contributed by atoms with van der Waals surface area (Å²) in [5, 5.41) is 7.32. The molecule has 7 nitrogen and oxygen atoms in total. The quantitative estimate of drug-likeness (QED) is 0.765. The summed E-state index contributed by atoms with van der Waals surface area (Å²) in [6.07, 6.45) is 5.07.